The molecule has 2 amide bonds. The predicted octanol–water partition coefficient (Wildman–Crippen LogP) is -0.0748. The van der Waals surface area contributed by atoms with Gasteiger partial charge in [0.2, 0.25) is 11.8 Å². The lowest BCUT2D eigenvalue weighted by atomic mass is 9.92. The highest BCUT2D eigenvalue weighted by molar-refractivity contribution is 7.91. The van der Waals surface area contributed by atoms with Gasteiger partial charge in [-0.1, -0.05) is 0 Å². The summed E-state index contributed by atoms with van der Waals surface area (Å²) in [6.45, 7) is 1.32. The average molecular weight is 302 g/mol. The lowest BCUT2D eigenvalue weighted by Crippen LogP contribution is -2.43. The Morgan fingerprint density at radius 3 is 2.60 bits per heavy atom. The first-order valence-electron chi connectivity index (χ1n) is 7.15. The van der Waals surface area contributed by atoms with Crippen molar-refractivity contribution >= 4 is 21.7 Å². The van der Waals surface area contributed by atoms with E-state index in [1.807, 2.05) is 0 Å². The van der Waals surface area contributed by atoms with Gasteiger partial charge in [-0.3, -0.25) is 9.59 Å². The summed E-state index contributed by atoms with van der Waals surface area (Å²) < 4.78 is 22.9. The van der Waals surface area contributed by atoms with Crippen LogP contribution in [0.5, 0.6) is 0 Å². The van der Waals surface area contributed by atoms with Crippen LogP contribution in [0.25, 0.3) is 0 Å². The number of sulfone groups is 1. The molecule has 2 saturated heterocycles. The number of nitrogens with two attached hydrogens (primary N) is 1. The molecule has 2 atom stereocenters. The van der Waals surface area contributed by atoms with Gasteiger partial charge in [0.05, 0.1) is 17.4 Å². The summed E-state index contributed by atoms with van der Waals surface area (Å²) in [5.74, 6) is -0.283. The third kappa shape index (κ3) is 3.94. The average Bonchev–Trinajstić information content (AvgIpc) is 2.76. The molecule has 0 aromatic heterocycles. The fraction of sp³-hybridized carbons (Fsp3) is 0.846. The molecule has 114 valence electrons. The number of carbonyl (C=O) groups is 2. The number of hydrogen-bond donors (Lipinski definition) is 1. The van der Waals surface area contributed by atoms with Crippen LogP contribution in [0.3, 0.4) is 0 Å². The largest absolute Gasteiger partial charge is 0.370 e. The molecular formula is C13H22N2O4S. The van der Waals surface area contributed by atoms with E-state index in [1.54, 1.807) is 4.90 Å². The van der Waals surface area contributed by atoms with Crippen molar-refractivity contribution in [1.29, 1.82) is 0 Å². The van der Waals surface area contributed by atoms with E-state index in [-0.39, 0.29) is 29.2 Å². The molecule has 2 aliphatic heterocycles. The topological polar surface area (TPSA) is 97.5 Å². The van der Waals surface area contributed by atoms with Crippen molar-refractivity contribution in [3.8, 4) is 0 Å². The lowest BCUT2D eigenvalue weighted by molar-refractivity contribution is -0.136. The van der Waals surface area contributed by atoms with E-state index in [1.165, 1.54) is 0 Å². The van der Waals surface area contributed by atoms with Crippen molar-refractivity contribution in [2.45, 2.75) is 32.1 Å². The van der Waals surface area contributed by atoms with E-state index in [9.17, 15) is 18.0 Å². The van der Waals surface area contributed by atoms with Crippen molar-refractivity contribution in [1.82, 2.24) is 4.90 Å². The van der Waals surface area contributed by atoms with Crippen molar-refractivity contribution in [2.24, 2.45) is 17.6 Å². The molecule has 0 bridgehead atoms. The van der Waals surface area contributed by atoms with Gasteiger partial charge >= 0.3 is 0 Å². The normalized spacial score (nSPS) is 29.3. The van der Waals surface area contributed by atoms with Crippen molar-refractivity contribution in [3.63, 3.8) is 0 Å². The molecule has 0 unspecified atom stereocenters. The number of hydrogen-bond acceptors (Lipinski definition) is 4. The van der Waals surface area contributed by atoms with E-state index in [0.717, 1.165) is 12.8 Å². The smallest absolute Gasteiger partial charge is 0.226 e. The van der Waals surface area contributed by atoms with Gasteiger partial charge in [0.15, 0.2) is 9.84 Å². The van der Waals surface area contributed by atoms with Gasteiger partial charge in [-0.25, -0.2) is 8.42 Å². The number of amides is 2. The first kappa shape index (κ1) is 15.3. The van der Waals surface area contributed by atoms with Gasteiger partial charge in [-0.2, -0.15) is 0 Å². The molecule has 2 heterocycles. The first-order valence-corrected chi connectivity index (χ1v) is 8.97. The summed E-state index contributed by atoms with van der Waals surface area (Å²) in [5.41, 5.74) is 5.15. The molecule has 2 aliphatic rings. The monoisotopic (exact) mass is 302 g/mol. The number of nitrogens with zero attached hydrogens (tertiary/aromatic N) is 1. The molecule has 0 radical (unpaired) electrons. The Hall–Kier alpha value is -1.11. The second-order valence-electron chi connectivity index (χ2n) is 5.90. The van der Waals surface area contributed by atoms with Gasteiger partial charge in [-0.05, 0) is 31.6 Å². The Balaban J connectivity index is 1.88. The van der Waals surface area contributed by atoms with E-state index >= 15 is 0 Å². The Bertz CT molecular complexity index is 489. The molecule has 2 rings (SSSR count). The van der Waals surface area contributed by atoms with Crippen LogP contribution >= 0.6 is 0 Å². The minimum atomic E-state index is -3.02. The van der Waals surface area contributed by atoms with Gasteiger partial charge in [-0.15, -0.1) is 0 Å². The lowest BCUT2D eigenvalue weighted by Gasteiger charge is -2.34. The highest BCUT2D eigenvalue weighted by Crippen LogP contribution is 2.26. The van der Waals surface area contributed by atoms with Crippen LogP contribution < -0.4 is 5.73 Å². The van der Waals surface area contributed by atoms with Crippen molar-refractivity contribution in [2.75, 3.05) is 24.6 Å². The molecule has 0 saturated carbocycles. The van der Waals surface area contributed by atoms with Crippen LogP contribution in [0, 0.1) is 11.8 Å². The summed E-state index contributed by atoms with van der Waals surface area (Å²) >= 11 is 0. The Kier molecular flexibility index (Phi) is 4.67. The zero-order valence-electron chi connectivity index (χ0n) is 11.6. The van der Waals surface area contributed by atoms with Gasteiger partial charge < -0.3 is 10.6 Å². The van der Waals surface area contributed by atoms with Crippen LogP contribution in [-0.4, -0.2) is 49.7 Å². The molecule has 6 nitrogen and oxygen atoms in total. The number of piperidine rings is 1. The highest BCUT2D eigenvalue weighted by atomic mass is 32.2. The summed E-state index contributed by atoms with van der Waals surface area (Å²) in [4.78, 5) is 24.9. The van der Waals surface area contributed by atoms with Gasteiger partial charge in [0, 0.05) is 19.5 Å². The minimum Gasteiger partial charge on any atom is -0.370 e. The number of carbonyl (C=O) groups excluding carboxylic acids is 2. The molecule has 0 aromatic rings. The summed E-state index contributed by atoms with van der Waals surface area (Å²) in [6, 6.07) is 0. The van der Waals surface area contributed by atoms with E-state index in [2.05, 4.69) is 0 Å². The first-order chi connectivity index (χ1) is 9.37. The maximum Gasteiger partial charge on any atom is 0.226 e. The van der Waals surface area contributed by atoms with Crippen molar-refractivity contribution < 1.29 is 18.0 Å². The van der Waals surface area contributed by atoms with Crippen molar-refractivity contribution in [3.05, 3.63) is 0 Å². The zero-order chi connectivity index (χ0) is 14.8. The van der Waals surface area contributed by atoms with Gasteiger partial charge in [0.25, 0.3) is 0 Å². The van der Waals surface area contributed by atoms with Crippen LogP contribution in [0.1, 0.15) is 32.1 Å². The molecule has 7 heteroatoms. The number of likely N-dealkylation sites (tertiary alicyclic amines) is 1. The third-order valence-corrected chi connectivity index (χ3v) is 5.98. The molecule has 2 N–H and O–H groups in total. The third-order valence-electron chi connectivity index (χ3n) is 4.21. The summed E-state index contributed by atoms with van der Waals surface area (Å²) in [7, 11) is -3.02. The SMILES string of the molecule is NC(=O)CC[C@H]1CCCN(C(=O)[C@@H]2CCS(=O)(=O)C2)C1. The second kappa shape index (κ2) is 6.11. The summed E-state index contributed by atoms with van der Waals surface area (Å²) in [6.07, 6.45) is 3.42. The Morgan fingerprint density at radius 1 is 1.25 bits per heavy atom. The Labute approximate surface area is 119 Å². The molecule has 20 heavy (non-hydrogen) atoms. The van der Waals surface area contributed by atoms with Crippen LogP contribution in [0.4, 0.5) is 0 Å². The zero-order valence-corrected chi connectivity index (χ0v) is 12.4. The maximum atomic E-state index is 12.3. The second-order valence-corrected chi connectivity index (χ2v) is 8.13. The Morgan fingerprint density at radius 2 is 2.00 bits per heavy atom. The molecule has 2 fully saturated rings. The van der Waals surface area contributed by atoms with E-state index in [0.29, 0.717) is 38.3 Å². The molecular weight excluding hydrogens is 280 g/mol. The summed E-state index contributed by atoms with van der Waals surface area (Å²) in [5, 5.41) is 0. The molecule has 0 aliphatic carbocycles. The minimum absolute atomic E-state index is 0.00567. The molecule has 0 aromatic carbocycles. The number of rotatable bonds is 4. The van der Waals surface area contributed by atoms with Crippen LogP contribution in [0.15, 0.2) is 0 Å². The van der Waals surface area contributed by atoms with Crippen LogP contribution in [0.2, 0.25) is 0 Å². The highest BCUT2D eigenvalue weighted by Gasteiger charge is 2.36. The van der Waals surface area contributed by atoms with E-state index < -0.39 is 9.84 Å². The fourth-order valence-corrected chi connectivity index (χ4v) is 4.83. The fourth-order valence-electron chi connectivity index (χ4n) is 3.10. The van der Waals surface area contributed by atoms with E-state index in [4.69, 9.17) is 5.73 Å². The predicted molar refractivity (Wildman–Crippen MR) is 74.5 cm³/mol. The standard InChI is InChI=1S/C13H22N2O4S/c14-12(16)4-3-10-2-1-6-15(8-10)13(17)11-5-7-20(18,19)9-11/h10-11H,1-9H2,(H2,14,16)/t10-,11-/m1/s1. The quantitative estimate of drug-likeness (QED) is 0.785. The van der Waals surface area contributed by atoms with Gasteiger partial charge in [0.1, 0.15) is 0 Å². The maximum absolute atomic E-state index is 12.3. The molecule has 0 spiro atoms. The number of primary amides is 1. The van der Waals surface area contributed by atoms with Crippen LogP contribution in [-0.2, 0) is 19.4 Å².